The first-order chi connectivity index (χ1) is 9.78. The Kier molecular flexibility index (Phi) is 3.69. The Morgan fingerprint density at radius 1 is 1.45 bits per heavy atom. The molecule has 2 aromatic rings. The van der Waals surface area contributed by atoms with E-state index in [9.17, 15) is 4.79 Å². The molecular formula is C15H19N3O2. The molecule has 1 aliphatic rings. The number of rotatable bonds is 6. The summed E-state index contributed by atoms with van der Waals surface area (Å²) in [5.74, 6) is 0.504. The van der Waals surface area contributed by atoms with E-state index in [-0.39, 0.29) is 25.1 Å². The maximum atomic E-state index is 12.1. The summed E-state index contributed by atoms with van der Waals surface area (Å²) in [5.41, 5.74) is 0.966. The Labute approximate surface area is 117 Å². The zero-order valence-electron chi connectivity index (χ0n) is 11.3. The zero-order valence-corrected chi connectivity index (χ0v) is 11.3. The van der Waals surface area contributed by atoms with Crippen molar-refractivity contribution in [1.82, 2.24) is 15.1 Å². The molecule has 0 radical (unpaired) electrons. The number of nitrogens with one attached hydrogen (secondary N) is 1. The Morgan fingerprint density at radius 2 is 2.25 bits per heavy atom. The van der Waals surface area contributed by atoms with Crippen molar-refractivity contribution < 1.29 is 9.90 Å². The van der Waals surface area contributed by atoms with E-state index < -0.39 is 0 Å². The van der Waals surface area contributed by atoms with E-state index in [0.717, 1.165) is 23.7 Å². The molecule has 1 aromatic carbocycles. The number of aliphatic hydroxyl groups is 1. The molecule has 1 saturated carbocycles. The third-order valence-corrected chi connectivity index (χ3v) is 3.82. The summed E-state index contributed by atoms with van der Waals surface area (Å²) in [7, 11) is 0. The number of amides is 1. The van der Waals surface area contributed by atoms with E-state index in [0.29, 0.717) is 12.3 Å². The van der Waals surface area contributed by atoms with Gasteiger partial charge in [0.1, 0.15) is 6.54 Å². The van der Waals surface area contributed by atoms with Crippen LogP contribution in [0.5, 0.6) is 0 Å². The van der Waals surface area contributed by atoms with Gasteiger partial charge in [0.25, 0.3) is 0 Å². The molecule has 1 heterocycles. The minimum Gasteiger partial charge on any atom is -0.396 e. The van der Waals surface area contributed by atoms with E-state index in [1.165, 1.54) is 0 Å². The number of aliphatic hydroxyl groups excluding tert-OH is 1. The quantitative estimate of drug-likeness (QED) is 0.834. The van der Waals surface area contributed by atoms with Crippen LogP contribution in [0.25, 0.3) is 10.9 Å². The minimum atomic E-state index is -0.0378. The van der Waals surface area contributed by atoms with E-state index >= 15 is 0 Å². The standard InChI is InChI=1S/C15H19N3O2/c19-8-7-13(11-5-6-11)17-15(20)10-18-14-4-2-1-3-12(14)9-16-18/h1-4,9,11,13,19H,5-8,10H2,(H,17,20). The molecule has 5 nitrogen and oxygen atoms in total. The predicted molar refractivity (Wildman–Crippen MR) is 76.1 cm³/mol. The van der Waals surface area contributed by atoms with E-state index in [1.54, 1.807) is 10.9 Å². The van der Waals surface area contributed by atoms with Crippen LogP contribution in [-0.2, 0) is 11.3 Å². The molecule has 0 spiro atoms. The first-order valence-electron chi connectivity index (χ1n) is 7.08. The lowest BCUT2D eigenvalue weighted by Gasteiger charge is -2.17. The van der Waals surface area contributed by atoms with E-state index in [4.69, 9.17) is 5.11 Å². The summed E-state index contributed by atoms with van der Waals surface area (Å²) in [6, 6.07) is 7.95. The Bertz CT molecular complexity index is 604. The van der Waals surface area contributed by atoms with Crippen LogP contribution in [0, 0.1) is 5.92 Å². The molecule has 106 valence electrons. The highest BCUT2D eigenvalue weighted by Gasteiger charge is 2.31. The number of nitrogens with zero attached hydrogens (tertiary/aromatic N) is 2. The highest BCUT2D eigenvalue weighted by atomic mass is 16.3. The Balaban J connectivity index is 1.66. The fourth-order valence-electron chi connectivity index (χ4n) is 2.60. The zero-order chi connectivity index (χ0) is 13.9. The molecule has 1 atom stereocenters. The fourth-order valence-corrected chi connectivity index (χ4v) is 2.60. The molecule has 5 heteroatoms. The predicted octanol–water partition coefficient (Wildman–Crippen LogP) is 1.31. The smallest absolute Gasteiger partial charge is 0.241 e. The number of carbonyl (C=O) groups is 1. The normalized spacial score (nSPS) is 16.2. The average molecular weight is 273 g/mol. The third kappa shape index (κ3) is 2.82. The minimum absolute atomic E-state index is 0.0378. The number of benzene rings is 1. The van der Waals surface area contributed by atoms with Gasteiger partial charge in [0, 0.05) is 18.0 Å². The first kappa shape index (κ1) is 13.1. The topological polar surface area (TPSA) is 67.2 Å². The van der Waals surface area contributed by atoms with Crippen molar-refractivity contribution in [3.63, 3.8) is 0 Å². The molecule has 1 unspecified atom stereocenters. The molecule has 1 aromatic heterocycles. The van der Waals surface area contributed by atoms with Crippen molar-refractivity contribution in [2.75, 3.05) is 6.61 Å². The Hall–Kier alpha value is -1.88. The second kappa shape index (κ2) is 5.63. The second-order valence-corrected chi connectivity index (χ2v) is 5.38. The lowest BCUT2D eigenvalue weighted by molar-refractivity contribution is -0.122. The van der Waals surface area contributed by atoms with Crippen LogP contribution in [0.3, 0.4) is 0 Å². The number of fused-ring (bicyclic) bond motifs is 1. The fraction of sp³-hybridized carbons (Fsp3) is 0.467. The molecule has 1 fully saturated rings. The van der Waals surface area contributed by atoms with E-state index in [1.807, 2.05) is 24.3 Å². The number of hydrogen-bond donors (Lipinski definition) is 2. The molecule has 0 bridgehead atoms. The van der Waals surface area contributed by atoms with Gasteiger partial charge in [0.2, 0.25) is 5.91 Å². The van der Waals surface area contributed by atoms with Gasteiger partial charge >= 0.3 is 0 Å². The number of carbonyl (C=O) groups excluding carboxylic acids is 1. The van der Waals surface area contributed by atoms with Gasteiger partial charge in [-0.1, -0.05) is 18.2 Å². The lowest BCUT2D eigenvalue weighted by Crippen LogP contribution is -2.39. The van der Waals surface area contributed by atoms with Gasteiger partial charge in [-0.2, -0.15) is 5.10 Å². The molecule has 3 rings (SSSR count). The molecule has 0 saturated heterocycles. The monoisotopic (exact) mass is 273 g/mol. The average Bonchev–Trinajstić information content (AvgIpc) is 3.22. The number of hydrogen-bond acceptors (Lipinski definition) is 3. The third-order valence-electron chi connectivity index (χ3n) is 3.82. The maximum absolute atomic E-state index is 12.1. The van der Waals surface area contributed by atoms with Crippen LogP contribution in [0.2, 0.25) is 0 Å². The highest BCUT2D eigenvalue weighted by Crippen LogP contribution is 2.33. The van der Waals surface area contributed by atoms with Crippen molar-refractivity contribution >= 4 is 16.8 Å². The van der Waals surface area contributed by atoms with Gasteiger partial charge in [0.05, 0.1) is 11.7 Å². The van der Waals surface area contributed by atoms with Crippen molar-refractivity contribution in [3.05, 3.63) is 30.5 Å². The van der Waals surface area contributed by atoms with Crippen molar-refractivity contribution in [1.29, 1.82) is 0 Å². The molecule has 2 N–H and O–H groups in total. The van der Waals surface area contributed by atoms with Crippen LogP contribution in [0.4, 0.5) is 0 Å². The van der Waals surface area contributed by atoms with Crippen molar-refractivity contribution in [3.8, 4) is 0 Å². The van der Waals surface area contributed by atoms with Crippen molar-refractivity contribution in [2.24, 2.45) is 5.92 Å². The van der Waals surface area contributed by atoms with Crippen LogP contribution in [0.1, 0.15) is 19.3 Å². The van der Waals surface area contributed by atoms with Crippen LogP contribution in [0.15, 0.2) is 30.5 Å². The Morgan fingerprint density at radius 3 is 3.00 bits per heavy atom. The lowest BCUT2D eigenvalue weighted by atomic mass is 10.1. The second-order valence-electron chi connectivity index (χ2n) is 5.38. The number of aromatic nitrogens is 2. The van der Waals surface area contributed by atoms with Gasteiger partial charge in [-0.25, -0.2) is 0 Å². The molecule has 1 amide bonds. The van der Waals surface area contributed by atoms with Gasteiger partial charge in [0.15, 0.2) is 0 Å². The summed E-state index contributed by atoms with van der Waals surface area (Å²) >= 11 is 0. The molecule has 0 aliphatic heterocycles. The first-order valence-corrected chi connectivity index (χ1v) is 7.08. The van der Waals surface area contributed by atoms with E-state index in [2.05, 4.69) is 10.4 Å². The van der Waals surface area contributed by atoms with Gasteiger partial charge in [-0.05, 0) is 31.2 Å². The highest BCUT2D eigenvalue weighted by molar-refractivity contribution is 5.82. The van der Waals surface area contributed by atoms with Gasteiger partial charge in [-0.15, -0.1) is 0 Å². The summed E-state index contributed by atoms with van der Waals surface area (Å²) in [6.07, 6.45) is 4.70. The molecule has 1 aliphatic carbocycles. The summed E-state index contributed by atoms with van der Waals surface area (Å²) < 4.78 is 1.72. The van der Waals surface area contributed by atoms with Gasteiger partial charge < -0.3 is 10.4 Å². The SMILES string of the molecule is O=C(Cn1ncc2ccccc21)NC(CCO)C1CC1. The number of para-hydroxylation sites is 1. The van der Waals surface area contributed by atoms with Gasteiger partial charge in [-0.3, -0.25) is 9.48 Å². The van der Waals surface area contributed by atoms with Crippen LogP contribution in [-0.4, -0.2) is 33.4 Å². The molecule has 20 heavy (non-hydrogen) atoms. The summed E-state index contributed by atoms with van der Waals surface area (Å²) in [4.78, 5) is 12.1. The molecular weight excluding hydrogens is 254 g/mol. The summed E-state index contributed by atoms with van der Waals surface area (Å²) in [6.45, 7) is 0.342. The largest absolute Gasteiger partial charge is 0.396 e. The van der Waals surface area contributed by atoms with Crippen LogP contribution < -0.4 is 5.32 Å². The van der Waals surface area contributed by atoms with Crippen molar-refractivity contribution in [2.45, 2.75) is 31.8 Å². The maximum Gasteiger partial charge on any atom is 0.241 e. The summed E-state index contributed by atoms with van der Waals surface area (Å²) in [5, 5.41) is 17.4. The van der Waals surface area contributed by atoms with Crippen LogP contribution >= 0.6 is 0 Å².